The summed E-state index contributed by atoms with van der Waals surface area (Å²) >= 11 is 0. The summed E-state index contributed by atoms with van der Waals surface area (Å²) in [6.07, 6.45) is 10.3. The van der Waals surface area contributed by atoms with Gasteiger partial charge in [-0.05, 0) is 128 Å². The number of fused-ring (bicyclic) bond motifs is 1. The molecule has 0 fully saturated rings. The number of nitrogens with zero attached hydrogens (tertiary/aromatic N) is 1. The van der Waals surface area contributed by atoms with E-state index in [4.69, 9.17) is 11.6 Å². The molecule has 0 amide bonds. The van der Waals surface area contributed by atoms with Crippen LogP contribution in [0.4, 0.5) is 0 Å². The Labute approximate surface area is 366 Å². The highest BCUT2D eigenvalue weighted by molar-refractivity contribution is 6.04. The Hall–Kier alpha value is -7.07. The molecule has 0 radical (unpaired) electrons. The maximum absolute atomic E-state index is 5.16. The van der Waals surface area contributed by atoms with Crippen LogP contribution < -0.4 is 10.6 Å². The lowest BCUT2D eigenvalue weighted by Gasteiger charge is -2.33. The number of aliphatic imine (C=N–C) groups is 1. The highest BCUT2D eigenvalue weighted by atomic mass is 15.3. The number of benzene rings is 7. The second-order valence-electron chi connectivity index (χ2n) is 16.7. The molecule has 0 spiro atoms. The lowest BCUT2D eigenvalue weighted by atomic mass is 9.81. The van der Waals surface area contributed by atoms with Gasteiger partial charge >= 0.3 is 0 Å². The molecule has 0 bridgehead atoms. The predicted octanol–water partition coefficient (Wildman–Crippen LogP) is 14.2. The van der Waals surface area contributed by atoms with Crippen LogP contribution in [0.1, 0.15) is 99.6 Å². The molecule has 3 unspecified atom stereocenters. The van der Waals surface area contributed by atoms with Crippen molar-refractivity contribution in [3.05, 3.63) is 268 Å². The van der Waals surface area contributed by atoms with E-state index in [1.807, 2.05) is 0 Å². The summed E-state index contributed by atoms with van der Waals surface area (Å²) in [6.45, 7) is 7.05. The van der Waals surface area contributed by atoms with Crippen molar-refractivity contribution in [1.82, 2.24) is 10.6 Å². The summed E-state index contributed by atoms with van der Waals surface area (Å²) < 4.78 is 0. The number of allylic oxidation sites excluding steroid dienone is 4. The van der Waals surface area contributed by atoms with Gasteiger partial charge in [-0.3, -0.25) is 5.32 Å². The Kier molecular flexibility index (Phi) is 11.0. The predicted molar refractivity (Wildman–Crippen MR) is 260 cm³/mol. The highest BCUT2D eigenvalue weighted by Crippen LogP contribution is 2.48. The van der Waals surface area contributed by atoms with Crippen molar-refractivity contribution in [2.75, 3.05) is 0 Å². The van der Waals surface area contributed by atoms with Crippen molar-refractivity contribution in [3.63, 3.8) is 0 Å². The molecule has 3 aliphatic rings. The van der Waals surface area contributed by atoms with Gasteiger partial charge in [-0.25, -0.2) is 4.99 Å². The first-order chi connectivity index (χ1) is 30.6. The zero-order valence-electron chi connectivity index (χ0n) is 35.3. The minimum atomic E-state index is -0.151. The SMILES string of the molecule is C=C(c1ccc(-c2cccc(C3NC(C4=CC=CCC4)=NC(c4ccccc4)N3)c2)cc1)c1ccccc1C1=C(c2ccccc2C)CCC(c2ccccc2)c2ccccc21. The van der Waals surface area contributed by atoms with Crippen LogP contribution in [0.15, 0.2) is 217 Å². The summed E-state index contributed by atoms with van der Waals surface area (Å²) in [5.74, 6) is 1.26. The van der Waals surface area contributed by atoms with E-state index in [1.165, 1.54) is 61.2 Å². The minimum Gasteiger partial charge on any atom is -0.351 e. The van der Waals surface area contributed by atoms with Crippen LogP contribution >= 0.6 is 0 Å². The van der Waals surface area contributed by atoms with Gasteiger partial charge in [0.25, 0.3) is 0 Å². The zero-order chi connectivity index (χ0) is 41.8. The summed E-state index contributed by atoms with van der Waals surface area (Å²) in [5.41, 5.74) is 19.8. The van der Waals surface area contributed by atoms with Crippen molar-refractivity contribution in [1.29, 1.82) is 0 Å². The number of aryl methyl sites for hydroxylation is 1. The zero-order valence-corrected chi connectivity index (χ0v) is 35.3. The topological polar surface area (TPSA) is 36.4 Å². The van der Waals surface area contributed by atoms with Gasteiger partial charge in [-0.1, -0.05) is 201 Å². The van der Waals surface area contributed by atoms with E-state index in [2.05, 4.69) is 218 Å². The van der Waals surface area contributed by atoms with Crippen LogP contribution in [0.5, 0.6) is 0 Å². The maximum Gasteiger partial charge on any atom is 0.129 e. The molecule has 0 saturated carbocycles. The van der Waals surface area contributed by atoms with Gasteiger partial charge in [0.2, 0.25) is 0 Å². The van der Waals surface area contributed by atoms with Crippen molar-refractivity contribution in [2.24, 2.45) is 4.99 Å². The summed E-state index contributed by atoms with van der Waals surface area (Å²) in [7, 11) is 0. The van der Waals surface area contributed by atoms with Crippen molar-refractivity contribution in [2.45, 2.75) is 50.9 Å². The first-order valence-corrected chi connectivity index (χ1v) is 22.0. The van der Waals surface area contributed by atoms with Gasteiger partial charge in [0.05, 0.1) is 0 Å². The number of nitrogens with one attached hydrogen (secondary N) is 2. The van der Waals surface area contributed by atoms with Crippen molar-refractivity contribution < 1.29 is 0 Å². The van der Waals surface area contributed by atoms with Crippen LogP contribution in [-0.4, -0.2) is 5.84 Å². The number of hydrogen-bond acceptors (Lipinski definition) is 3. The fraction of sp³-hybridized carbons (Fsp3) is 0.136. The molecular weight excluding hydrogens is 751 g/mol. The maximum atomic E-state index is 5.16. The third-order valence-electron chi connectivity index (χ3n) is 12.9. The van der Waals surface area contributed by atoms with Gasteiger partial charge < -0.3 is 5.32 Å². The molecule has 7 aromatic rings. The van der Waals surface area contributed by atoms with E-state index in [9.17, 15) is 0 Å². The molecule has 7 aromatic carbocycles. The number of amidine groups is 1. The Morgan fingerprint density at radius 1 is 0.613 bits per heavy atom. The number of rotatable bonds is 9. The van der Waals surface area contributed by atoms with E-state index in [1.54, 1.807) is 0 Å². The molecule has 3 atom stereocenters. The molecule has 2 aliphatic carbocycles. The van der Waals surface area contributed by atoms with Crippen LogP contribution in [0.2, 0.25) is 0 Å². The first-order valence-electron chi connectivity index (χ1n) is 22.0. The fourth-order valence-electron chi connectivity index (χ4n) is 9.66. The molecule has 3 nitrogen and oxygen atoms in total. The second kappa shape index (κ2) is 17.5. The molecule has 0 saturated heterocycles. The van der Waals surface area contributed by atoms with Gasteiger partial charge in [0.15, 0.2) is 0 Å². The molecule has 1 heterocycles. The average molecular weight is 802 g/mol. The van der Waals surface area contributed by atoms with Gasteiger partial charge in [-0.2, -0.15) is 0 Å². The molecular formula is C59H51N3. The largest absolute Gasteiger partial charge is 0.351 e. The van der Waals surface area contributed by atoms with Crippen molar-refractivity contribution in [3.8, 4) is 11.1 Å². The van der Waals surface area contributed by atoms with E-state index in [-0.39, 0.29) is 12.3 Å². The molecule has 302 valence electrons. The lowest BCUT2D eigenvalue weighted by Crippen LogP contribution is -2.45. The molecule has 0 aromatic heterocycles. The summed E-state index contributed by atoms with van der Waals surface area (Å²) in [6, 6.07) is 66.3. The molecule has 10 rings (SSSR count). The molecule has 3 heteroatoms. The van der Waals surface area contributed by atoms with Crippen LogP contribution in [-0.2, 0) is 0 Å². The number of hydrogen-bond donors (Lipinski definition) is 2. The molecule has 1 aliphatic heterocycles. The average Bonchev–Trinajstić information content (AvgIpc) is 3.52. The van der Waals surface area contributed by atoms with E-state index in [0.717, 1.165) is 59.3 Å². The first kappa shape index (κ1) is 39.1. The standard InChI is InChI=1S/C59H51N3/c1-40-19-12-13-28-49(40)55-38-37-51(44-20-6-3-7-21-44)52-30-15-17-32-54(52)56(55)53-31-16-14-29-50(53)41(2)42-33-35-43(36-34-42)47-26-18-27-48(39-47)59-61-57(45-22-8-4-9-23-45)60-58(62-59)46-24-10-5-11-25-46/h3-10,12-24,26-36,39,51,57,59,61H,2,11,25,37-38H2,1H3,(H,60,62). The van der Waals surface area contributed by atoms with Gasteiger partial charge in [0.1, 0.15) is 18.2 Å². The second-order valence-corrected chi connectivity index (χ2v) is 16.7. The normalized spacial score (nSPS) is 18.5. The Balaban J connectivity index is 0.986. The van der Waals surface area contributed by atoms with Gasteiger partial charge in [-0.15, -0.1) is 0 Å². The Morgan fingerprint density at radius 2 is 1.29 bits per heavy atom. The quantitative estimate of drug-likeness (QED) is 0.153. The third-order valence-corrected chi connectivity index (χ3v) is 12.9. The Morgan fingerprint density at radius 3 is 2.05 bits per heavy atom. The molecule has 62 heavy (non-hydrogen) atoms. The summed E-state index contributed by atoms with van der Waals surface area (Å²) in [5, 5.41) is 7.54. The highest BCUT2D eigenvalue weighted by Gasteiger charge is 2.29. The Bertz CT molecular complexity index is 2880. The minimum absolute atomic E-state index is 0.106. The van der Waals surface area contributed by atoms with E-state index in [0.29, 0.717) is 5.92 Å². The van der Waals surface area contributed by atoms with Crippen LogP contribution in [0.3, 0.4) is 0 Å². The van der Waals surface area contributed by atoms with E-state index >= 15 is 0 Å². The monoisotopic (exact) mass is 801 g/mol. The lowest BCUT2D eigenvalue weighted by molar-refractivity contribution is 0.408. The van der Waals surface area contributed by atoms with Crippen molar-refractivity contribution >= 4 is 22.6 Å². The van der Waals surface area contributed by atoms with Gasteiger partial charge in [0, 0.05) is 5.92 Å². The third kappa shape index (κ3) is 7.84. The smallest absolute Gasteiger partial charge is 0.129 e. The summed E-state index contributed by atoms with van der Waals surface area (Å²) in [4.78, 5) is 5.16. The molecule has 2 N–H and O–H groups in total. The van der Waals surface area contributed by atoms with Crippen LogP contribution in [0.25, 0.3) is 27.8 Å². The van der Waals surface area contributed by atoms with E-state index < -0.39 is 0 Å². The van der Waals surface area contributed by atoms with Crippen LogP contribution in [0, 0.1) is 6.92 Å². The fourth-order valence-corrected chi connectivity index (χ4v) is 9.66.